The second-order valence-corrected chi connectivity index (χ2v) is 31.1. The normalized spacial score (nSPS) is 22.8. The number of carbonyl (C=O) groups excluding carboxylic acids is 6. The Kier molecular flexibility index (Phi) is 26.2. The highest BCUT2D eigenvalue weighted by Crippen LogP contribution is 2.46. The van der Waals surface area contributed by atoms with E-state index in [-0.39, 0.29) is 76.5 Å². The molecule has 4 N–H and O–H groups in total. The van der Waals surface area contributed by atoms with Crippen molar-refractivity contribution in [3.05, 3.63) is 0 Å². The van der Waals surface area contributed by atoms with Crippen LogP contribution in [0.25, 0.3) is 0 Å². The molecule has 0 radical (unpaired) electrons. The van der Waals surface area contributed by atoms with Gasteiger partial charge in [0.15, 0.2) is 10.8 Å². The molecule has 86 heavy (non-hydrogen) atoms. The van der Waals surface area contributed by atoms with E-state index in [4.69, 9.17) is 28.4 Å². The molecule has 4 rings (SSSR count). The number of hydrogen-bond acceptors (Lipinski definition) is 20. The summed E-state index contributed by atoms with van der Waals surface area (Å²) in [5.74, 6) is -3.44. The maximum absolute atomic E-state index is 14.7. The van der Waals surface area contributed by atoms with E-state index in [9.17, 15) is 49.6 Å². The summed E-state index contributed by atoms with van der Waals surface area (Å²) in [6.07, 6.45) is 8.81. The summed E-state index contributed by atoms with van der Waals surface area (Å²) >= 11 is 0. The highest BCUT2D eigenvalue weighted by Gasteiger charge is 2.56. The molecule has 0 unspecified atom stereocenters. The molecule has 0 bridgehead atoms. The number of hydroxylamine groups is 8. The van der Waals surface area contributed by atoms with Crippen molar-refractivity contribution in [2.75, 3.05) is 13.2 Å². The van der Waals surface area contributed by atoms with Crippen LogP contribution in [0.1, 0.15) is 292 Å². The van der Waals surface area contributed by atoms with Gasteiger partial charge in [0.05, 0.1) is 13.2 Å². The van der Waals surface area contributed by atoms with Crippen molar-refractivity contribution in [2.45, 2.75) is 360 Å². The monoisotopic (exact) mass is 1220 g/mol. The lowest BCUT2D eigenvalue weighted by Crippen LogP contribution is -2.61. The Labute approximate surface area is 516 Å². The minimum Gasteiger partial charge on any atom is -0.466 e. The Morgan fingerprint density at radius 3 is 0.744 bits per heavy atom. The van der Waals surface area contributed by atoms with E-state index in [0.29, 0.717) is 89.9 Å². The zero-order chi connectivity index (χ0) is 65.1. The van der Waals surface area contributed by atoms with Crippen LogP contribution < -0.4 is 0 Å². The van der Waals surface area contributed by atoms with Gasteiger partial charge in [-0.2, -0.15) is 20.3 Å². The molecule has 0 aromatic rings. The second kappa shape index (κ2) is 30.1. The van der Waals surface area contributed by atoms with Crippen LogP contribution in [0.5, 0.6) is 0 Å². The molecule has 20 nitrogen and oxygen atoms in total. The van der Waals surface area contributed by atoms with Crippen molar-refractivity contribution < 1.29 is 78.0 Å². The van der Waals surface area contributed by atoms with Gasteiger partial charge in [-0.05, 0) is 162 Å². The van der Waals surface area contributed by atoms with Gasteiger partial charge in [-0.1, -0.05) is 65.2 Å². The minimum absolute atomic E-state index is 0.000250. The molecule has 4 saturated heterocycles. The standard InChI is InChI=1S/C66H118N4O16/c1-19-21-33-65(53(73)83-47-39-57(3,4)67(77)58(5,6)40-47,54(74)84-48-41-59(7,8)68(78)60(9,10)42-48)35-29-37-81-51(71)31-27-25-23-24-26-28-32-52(72)82-38-30-36-66(34-22-20-2,55(75)85-49-43-61(11,12)69(79)62(13,14)44-49)56(76)86-50-45-63(15,16)70(80)64(17,18)46-50/h47-50,77-80H,19-46H2,1-18H3. The minimum atomic E-state index is -1.67. The smallest absolute Gasteiger partial charge is 0.323 e. The number of ether oxygens (including phenoxy) is 6. The zero-order valence-electron chi connectivity index (χ0n) is 56.6. The van der Waals surface area contributed by atoms with Crippen molar-refractivity contribution in [1.29, 1.82) is 0 Å². The fourth-order valence-corrected chi connectivity index (χ4v) is 14.8. The lowest BCUT2D eigenvalue weighted by atomic mass is 9.77. The molecule has 4 heterocycles. The third kappa shape index (κ3) is 19.5. The molecule has 0 amide bonds. The topological polar surface area (TPSA) is 252 Å². The van der Waals surface area contributed by atoms with Crippen molar-refractivity contribution in [3.8, 4) is 0 Å². The first-order chi connectivity index (χ1) is 39.6. The Bertz CT molecular complexity index is 1920. The van der Waals surface area contributed by atoms with Crippen LogP contribution >= 0.6 is 0 Å². The first kappa shape index (κ1) is 75.0. The summed E-state index contributed by atoms with van der Waals surface area (Å²) in [4.78, 5) is 84.7. The molecule has 0 atom stereocenters. The predicted octanol–water partition coefficient (Wildman–Crippen LogP) is 12.9. The number of rotatable bonds is 31. The quantitative estimate of drug-likeness (QED) is 0.0218. The molecule has 4 aliphatic rings. The highest BCUT2D eigenvalue weighted by atomic mass is 16.6. The van der Waals surface area contributed by atoms with Gasteiger partial charge in [0.1, 0.15) is 24.4 Å². The first-order valence-electron chi connectivity index (χ1n) is 32.7. The largest absolute Gasteiger partial charge is 0.466 e. The fourth-order valence-electron chi connectivity index (χ4n) is 14.8. The Morgan fingerprint density at radius 2 is 0.535 bits per heavy atom. The molecule has 0 aromatic carbocycles. The van der Waals surface area contributed by atoms with Gasteiger partial charge >= 0.3 is 35.8 Å². The molecule has 0 spiro atoms. The number of unbranched alkanes of at least 4 members (excludes halogenated alkanes) is 7. The van der Waals surface area contributed by atoms with Crippen molar-refractivity contribution in [2.24, 2.45) is 10.8 Å². The van der Waals surface area contributed by atoms with Gasteiger partial charge < -0.3 is 49.3 Å². The van der Waals surface area contributed by atoms with Crippen molar-refractivity contribution in [3.63, 3.8) is 0 Å². The summed E-state index contributed by atoms with van der Waals surface area (Å²) in [5, 5.41) is 49.1. The third-order valence-corrected chi connectivity index (χ3v) is 19.0. The summed E-state index contributed by atoms with van der Waals surface area (Å²) in [5.41, 5.74) is -8.96. The fraction of sp³-hybridized carbons (Fsp3) is 0.909. The predicted molar refractivity (Wildman–Crippen MR) is 325 cm³/mol. The van der Waals surface area contributed by atoms with E-state index < -0.39 is 103 Å². The first-order valence-corrected chi connectivity index (χ1v) is 32.7. The lowest BCUT2D eigenvalue weighted by molar-refractivity contribution is -0.263. The van der Waals surface area contributed by atoms with Crippen molar-refractivity contribution in [1.82, 2.24) is 20.3 Å². The lowest BCUT2D eigenvalue weighted by Gasteiger charge is -2.51. The average molecular weight is 1220 g/mol. The van der Waals surface area contributed by atoms with Gasteiger partial charge in [0.2, 0.25) is 0 Å². The molecule has 0 saturated carbocycles. The summed E-state index contributed by atoms with van der Waals surface area (Å²) < 4.78 is 36.5. The van der Waals surface area contributed by atoms with Gasteiger partial charge in [0.25, 0.3) is 0 Å². The van der Waals surface area contributed by atoms with Gasteiger partial charge in [-0.3, -0.25) is 28.8 Å². The van der Waals surface area contributed by atoms with E-state index in [1.165, 1.54) is 20.3 Å². The third-order valence-electron chi connectivity index (χ3n) is 19.0. The summed E-state index contributed by atoms with van der Waals surface area (Å²) in [7, 11) is 0. The number of esters is 6. The summed E-state index contributed by atoms with van der Waals surface area (Å²) in [6, 6.07) is 0. The SMILES string of the molecule is CCCCC(CCCOC(=O)CCCCCCCCC(=O)OCCCC(CCCC)(C(=O)OC1CC(C)(C)N(O)C(C)(C)C1)C(=O)OC1CC(C)(C)N(O)C(C)(C)C1)(C(=O)OC1CC(C)(C)N(O)C(C)(C)C1)C(=O)OC1CC(C)(C)N(O)C(C)(C)C1. The number of carbonyl (C=O) groups is 6. The van der Waals surface area contributed by atoms with E-state index in [0.717, 1.165) is 25.7 Å². The molecular weight excluding hydrogens is 1100 g/mol. The van der Waals surface area contributed by atoms with E-state index in [1.807, 2.05) is 125 Å². The van der Waals surface area contributed by atoms with Crippen LogP contribution in [-0.4, -0.2) is 159 Å². The highest BCUT2D eigenvalue weighted by molar-refractivity contribution is 6.01. The van der Waals surface area contributed by atoms with Crippen LogP contribution in [0.4, 0.5) is 0 Å². The number of hydrogen-bond donors (Lipinski definition) is 4. The van der Waals surface area contributed by atoms with E-state index >= 15 is 0 Å². The van der Waals surface area contributed by atoms with Crippen LogP contribution in [-0.2, 0) is 57.2 Å². The van der Waals surface area contributed by atoms with Crippen LogP contribution in [0, 0.1) is 10.8 Å². The average Bonchev–Trinajstić information content (AvgIpc) is 1.38. The van der Waals surface area contributed by atoms with Crippen molar-refractivity contribution >= 4 is 35.8 Å². The molecule has 4 fully saturated rings. The number of nitrogens with zero attached hydrogens (tertiary/aromatic N) is 4. The maximum Gasteiger partial charge on any atom is 0.323 e. The van der Waals surface area contributed by atoms with Gasteiger partial charge in [-0.15, -0.1) is 0 Å². The molecule has 0 aromatic heterocycles. The number of piperidine rings is 4. The molecular formula is C66H118N4O16. The van der Waals surface area contributed by atoms with Gasteiger partial charge in [0, 0.05) is 109 Å². The summed E-state index contributed by atoms with van der Waals surface area (Å²) in [6.45, 7) is 34.1. The maximum atomic E-state index is 14.7. The van der Waals surface area contributed by atoms with Crippen LogP contribution in [0.15, 0.2) is 0 Å². The molecule has 4 aliphatic heterocycles. The second-order valence-electron chi connectivity index (χ2n) is 31.1. The Balaban J connectivity index is 1.28. The van der Waals surface area contributed by atoms with Gasteiger partial charge in [-0.25, -0.2) is 0 Å². The van der Waals surface area contributed by atoms with Crippen LogP contribution in [0.2, 0.25) is 0 Å². The Hall–Kier alpha value is -3.50. The zero-order valence-corrected chi connectivity index (χ0v) is 56.6. The van der Waals surface area contributed by atoms with E-state index in [2.05, 4.69) is 0 Å². The Morgan fingerprint density at radius 1 is 0.337 bits per heavy atom. The molecule has 20 heteroatoms. The molecule has 0 aliphatic carbocycles. The molecule has 498 valence electrons. The van der Waals surface area contributed by atoms with E-state index in [1.54, 1.807) is 0 Å². The van der Waals surface area contributed by atoms with Crippen LogP contribution in [0.3, 0.4) is 0 Å².